The maximum absolute atomic E-state index is 6.35. The molecule has 1 aromatic carbocycles. The van der Waals surface area contributed by atoms with E-state index in [0.717, 1.165) is 18.0 Å². The molecule has 1 N–H and O–H groups in total. The number of benzene rings is 1. The first kappa shape index (κ1) is 16.1. The van der Waals surface area contributed by atoms with Gasteiger partial charge in [0, 0.05) is 16.1 Å². The minimum Gasteiger partial charge on any atom is -0.313 e. The number of hydrogen-bond acceptors (Lipinski definition) is 1. The Hall–Kier alpha value is -0.240. The third kappa shape index (κ3) is 3.90. The lowest BCUT2D eigenvalue weighted by atomic mass is 9.69. The second kappa shape index (κ2) is 7.15. The summed E-state index contributed by atoms with van der Waals surface area (Å²) in [6.07, 6.45) is 7.71. The summed E-state index contributed by atoms with van der Waals surface area (Å²) < 4.78 is 0. The number of hydrogen-bond donors (Lipinski definition) is 1. The van der Waals surface area contributed by atoms with Gasteiger partial charge in [-0.2, -0.15) is 0 Å². The molecular weight excluding hydrogens is 289 g/mol. The second-order valence-electron chi connectivity index (χ2n) is 6.26. The number of rotatable bonds is 5. The number of halogens is 2. The largest absolute Gasteiger partial charge is 0.313 e. The Bertz CT molecular complexity index is 439. The topological polar surface area (TPSA) is 12.0 Å². The Morgan fingerprint density at radius 1 is 1.20 bits per heavy atom. The van der Waals surface area contributed by atoms with E-state index in [4.69, 9.17) is 23.2 Å². The molecule has 20 heavy (non-hydrogen) atoms. The normalized spacial score (nSPS) is 19.8. The van der Waals surface area contributed by atoms with Crippen molar-refractivity contribution in [1.29, 1.82) is 0 Å². The van der Waals surface area contributed by atoms with E-state index in [0.29, 0.717) is 16.5 Å². The predicted octanol–water partition coefficient (Wildman–Crippen LogP) is 5.48. The van der Waals surface area contributed by atoms with Gasteiger partial charge in [0.25, 0.3) is 0 Å². The van der Waals surface area contributed by atoms with Crippen LogP contribution in [0.2, 0.25) is 10.0 Å². The quantitative estimate of drug-likeness (QED) is 0.758. The zero-order chi connectivity index (χ0) is 14.6. The van der Waals surface area contributed by atoms with Crippen LogP contribution in [0.1, 0.15) is 51.5 Å². The van der Waals surface area contributed by atoms with Gasteiger partial charge in [0.15, 0.2) is 0 Å². The SMILES string of the molecule is CCNC(Cc1ccc(Cl)cc1Cl)C1(C)CCCCC1. The van der Waals surface area contributed by atoms with E-state index in [1.54, 1.807) is 0 Å². The zero-order valence-corrected chi connectivity index (χ0v) is 14.0. The molecule has 0 aromatic heterocycles. The van der Waals surface area contributed by atoms with E-state index in [1.807, 2.05) is 12.1 Å². The highest BCUT2D eigenvalue weighted by Gasteiger charge is 2.35. The van der Waals surface area contributed by atoms with Crippen LogP contribution in [0.15, 0.2) is 18.2 Å². The Kier molecular flexibility index (Phi) is 5.77. The predicted molar refractivity (Wildman–Crippen MR) is 88.8 cm³/mol. The van der Waals surface area contributed by atoms with Gasteiger partial charge in [-0.3, -0.25) is 0 Å². The van der Waals surface area contributed by atoms with E-state index < -0.39 is 0 Å². The lowest BCUT2D eigenvalue weighted by molar-refractivity contribution is 0.145. The van der Waals surface area contributed by atoms with Crippen molar-refractivity contribution in [2.75, 3.05) is 6.54 Å². The molecule has 112 valence electrons. The average molecular weight is 314 g/mol. The van der Waals surface area contributed by atoms with E-state index in [1.165, 1.54) is 37.7 Å². The molecule has 3 heteroatoms. The Morgan fingerprint density at radius 3 is 2.50 bits per heavy atom. The highest BCUT2D eigenvalue weighted by molar-refractivity contribution is 6.35. The summed E-state index contributed by atoms with van der Waals surface area (Å²) in [5, 5.41) is 5.19. The molecule has 1 aliphatic rings. The molecule has 1 atom stereocenters. The van der Waals surface area contributed by atoms with Crippen LogP contribution in [-0.4, -0.2) is 12.6 Å². The van der Waals surface area contributed by atoms with Gasteiger partial charge in [-0.05, 0) is 48.9 Å². The molecule has 0 amide bonds. The van der Waals surface area contributed by atoms with Crippen LogP contribution in [0.3, 0.4) is 0 Å². The molecule has 0 saturated heterocycles. The monoisotopic (exact) mass is 313 g/mol. The molecule has 2 rings (SSSR count). The first-order valence-electron chi connectivity index (χ1n) is 7.72. The molecule has 0 aliphatic heterocycles. The van der Waals surface area contributed by atoms with Crippen LogP contribution < -0.4 is 5.32 Å². The zero-order valence-electron chi connectivity index (χ0n) is 12.5. The van der Waals surface area contributed by atoms with Crippen molar-refractivity contribution in [3.63, 3.8) is 0 Å². The molecule has 1 fully saturated rings. The maximum Gasteiger partial charge on any atom is 0.0453 e. The maximum atomic E-state index is 6.35. The van der Waals surface area contributed by atoms with Gasteiger partial charge in [0.2, 0.25) is 0 Å². The molecule has 1 nitrogen and oxygen atoms in total. The molecule has 0 radical (unpaired) electrons. The smallest absolute Gasteiger partial charge is 0.0453 e. The van der Waals surface area contributed by atoms with Gasteiger partial charge in [-0.15, -0.1) is 0 Å². The molecular formula is C17H25Cl2N. The Morgan fingerprint density at radius 2 is 1.90 bits per heavy atom. The van der Waals surface area contributed by atoms with E-state index in [2.05, 4.69) is 25.2 Å². The van der Waals surface area contributed by atoms with Crippen molar-refractivity contribution in [3.05, 3.63) is 33.8 Å². The van der Waals surface area contributed by atoms with Crippen molar-refractivity contribution in [1.82, 2.24) is 5.32 Å². The van der Waals surface area contributed by atoms with Crippen molar-refractivity contribution >= 4 is 23.2 Å². The van der Waals surface area contributed by atoms with E-state index in [9.17, 15) is 0 Å². The fourth-order valence-corrected chi connectivity index (χ4v) is 3.91. The molecule has 0 heterocycles. The van der Waals surface area contributed by atoms with E-state index in [-0.39, 0.29) is 0 Å². The van der Waals surface area contributed by atoms with Crippen LogP contribution >= 0.6 is 23.2 Å². The summed E-state index contributed by atoms with van der Waals surface area (Å²) in [6.45, 7) is 5.62. The highest BCUT2D eigenvalue weighted by Crippen LogP contribution is 2.40. The average Bonchev–Trinajstić information content (AvgIpc) is 2.42. The molecule has 1 aliphatic carbocycles. The van der Waals surface area contributed by atoms with Gasteiger partial charge < -0.3 is 5.32 Å². The van der Waals surface area contributed by atoms with Crippen LogP contribution in [0, 0.1) is 5.41 Å². The van der Waals surface area contributed by atoms with Crippen LogP contribution in [0.25, 0.3) is 0 Å². The summed E-state index contributed by atoms with van der Waals surface area (Å²) in [5.74, 6) is 0. The molecule has 0 spiro atoms. The van der Waals surface area contributed by atoms with E-state index >= 15 is 0 Å². The summed E-state index contributed by atoms with van der Waals surface area (Å²) in [6, 6.07) is 6.35. The van der Waals surface area contributed by atoms with Gasteiger partial charge in [0.05, 0.1) is 0 Å². The van der Waals surface area contributed by atoms with Crippen molar-refractivity contribution < 1.29 is 0 Å². The van der Waals surface area contributed by atoms with Crippen LogP contribution in [0.4, 0.5) is 0 Å². The van der Waals surface area contributed by atoms with Crippen molar-refractivity contribution in [3.8, 4) is 0 Å². The molecule has 1 aromatic rings. The van der Waals surface area contributed by atoms with Crippen LogP contribution in [0.5, 0.6) is 0 Å². The number of likely N-dealkylation sites (N-methyl/N-ethyl adjacent to an activating group) is 1. The first-order valence-corrected chi connectivity index (χ1v) is 8.48. The van der Waals surface area contributed by atoms with Crippen LogP contribution in [-0.2, 0) is 6.42 Å². The van der Waals surface area contributed by atoms with Gasteiger partial charge in [-0.25, -0.2) is 0 Å². The lowest BCUT2D eigenvalue weighted by Gasteiger charge is -2.41. The van der Waals surface area contributed by atoms with Gasteiger partial charge >= 0.3 is 0 Å². The summed E-state index contributed by atoms with van der Waals surface area (Å²) >= 11 is 12.3. The minimum atomic E-state index is 0.386. The number of nitrogens with one attached hydrogen (secondary N) is 1. The summed E-state index contributed by atoms with van der Waals surface area (Å²) in [7, 11) is 0. The second-order valence-corrected chi connectivity index (χ2v) is 7.11. The fraction of sp³-hybridized carbons (Fsp3) is 0.647. The third-order valence-corrected chi connectivity index (χ3v) is 5.31. The lowest BCUT2D eigenvalue weighted by Crippen LogP contribution is -2.46. The summed E-state index contributed by atoms with van der Waals surface area (Å²) in [5.41, 5.74) is 1.59. The van der Waals surface area contributed by atoms with Gasteiger partial charge in [0.1, 0.15) is 0 Å². The highest BCUT2D eigenvalue weighted by atomic mass is 35.5. The Labute approximate surface area is 133 Å². The standard InChI is InChI=1S/C17H25Cl2N/c1-3-20-16(17(2)9-5-4-6-10-17)11-13-7-8-14(18)12-15(13)19/h7-8,12,16,20H,3-6,9-11H2,1-2H3. The third-order valence-electron chi connectivity index (χ3n) is 4.73. The molecule has 1 saturated carbocycles. The summed E-state index contributed by atoms with van der Waals surface area (Å²) in [4.78, 5) is 0. The minimum absolute atomic E-state index is 0.386. The van der Waals surface area contributed by atoms with Gasteiger partial charge in [-0.1, -0.05) is 62.4 Å². The van der Waals surface area contributed by atoms with Crippen molar-refractivity contribution in [2.45, 2.75) is 58.4 Å². The Balaban J connectivity index is 2.16. The molecule has 1 unspecified atom stereocenters. The van der Waals surface area contributed by atoms with Crippen molar-refractivity contribution in [2.24, 2.45) is 5.41 Å². The fourth-order valence-electron chi connectivity index (χ4n) is 3.43. The molecule has 0 bridgehead atoms. The first-order chi connectivity index (χ1) is 9.55.